The molecular weight excluding hydrogens is 218 g/mol. The van der Waals surface area contributed by atoms with Gasteiger partial charge in [0, 0.05) is 14.2 Å². The Bertz CT molecular complexity index is 301. The van der Waals surface area contributed by atoms with Crippen LogP contribution < -0.4 is 10.9 Å². The van der Waals surface area contributed by atoms with Crippen LogP contribution in [-0.2, 0) is 8.85 Å². The molecule has 1 rings (SSSR count). The monoisotopic (exact) mass is 239 g/mol. The molecule has 3 nitrogen and oxygen atoms in total. The SMILES string of the molecule is CCCC(N)[Si](OC)(OC)c1ccccc1. The standard InChI is InChI=1S/C12H21NO2Si/c1-4-8-12(13)16(14-2,15-3)11-9-6-5-7-10-11/h5-7,9-10,12H,4,8,13H2,1-3H3. The van der Waals surface area contributed by atoms with Crippen molar-refractivity contribution in [1.29, 1.82) is 0 Å². The molecule has 0 aromatic heterocycles. The highest BCUT2D eigenvalue weighted by Crippen LogP contribution is 2.13. The quantitative estimate of drug-likeness (QED) is 0.761. The molecule has 16 heavy (non-hydrogen) atoms. The van der Waals surface area contributed by atoms with Gasteiger partial charge in [0.25, 0.3) is 0 Å². The summed E-state index contributed by atoms with van der Waals surface area (Å²) in [5.41, 5.74) is 6.20. The second kappa shape index (κ2) is 6.15. The largest absolute Gasteiger partial charge is 0.393 e. The maximum Gasteiger partial charge on any atom is 0.389 e. The Hall–Kier alpha value is -0.683. The molecule has 0 bridgehead atoms. The summed E-state index contributed by atoms with van der Waals surface area (Å²) in [6.07, 6.45) is 1.96. The Kier molecular flexibility index (Phi) is 5.14. The predicted octanol–water partition coefficient (Wildman–Crippen LogP) is 1.30. The Morgan fingerprint density at radius 1 is 1.19 bits per heavy atom. The van der Waals surface area contributed by atoms with Gasteiger partial charge in [-0.05, 0) is 11.6 Å². The highest BCUT2D eigenvalue weighted by atomic mass is 28.4. The van der Waals surface area contributed by atoms with E-state index in [1.165, 1.54) is 0 Å². The summed E-state index contributed by atoms with van der Waals surface area (Å²) in [6.45, 7) is 2.12. The Balaban J connectivity index is 3.05. The van der Waals surface area contributed by atoms with Gasteiger partial charge >= 0.3 is 8.56 Å². The van der Waals surface area contributed by atoms with Gasteiger partial charge in [-0.1, -0.05) is 43.7 Å². The molecule has 1 aromatic rings. The Morgan fingerprint density at radius 3 is 2.19 bits per heavy atom. The van der Waals surface area contributed by atoms with Crippen LogP contribution in [-0.4, -0.2) is 28.4 Å². The summed E-state index contributed by atoms with van der Waals surface area (Å²) in [7, 11) is 0.919. The van der Waals surface area contributed by atoms with E-state index < -0.39 is 8.56 Å². The van der Waals surface area contributed by atoms with Crippen molar-refractivity contribution in [2.45, 2.75) is 25.4 Å². The van der Waals surface area contributed by atoms with Gasteiger partial charge in [-0.2, -0.15) is 0 Å². The van der Waals surface area contributed by atoms with Crippen LogP contribution in [0, 0.1) is 0 Å². The molecule has 0 spiro atoms. The molecule has 0 fully saturated rings. The maximum atomic E-state index is 6.23. The van der Waals surface area contributed by atoms with E-state index in [1.807, 2.05) is 30.3 Å². The first-order valence-electron chi connectivity index (χ1n) is 5.62. The molecule has 0 radical (unpaired) electrons. The predicted molar refractivity (Wildman–Crippen MR) is 68.7 cm³/mol. The normalized spacial score (nSPS) is 13.8. The lowest BCUT2D eigenvalue weighted by molar-refractivity contribution is 0.243. The molecule has 0 aliphatic carbocycles. The first-order valence-corrected chi connectivity index (χ1v) is 7.52. The van der Waals surface area contributed by atoms with Gasteiger partial charge in [-0.3, -0.25) is 0 Å². The van der Waals surface area contributed by atoms with Crippen molar-refractivity contribution >= 4 is 13.7 Å². The van der Waals surface area contributed by atoms with E-state index >= 15 is 0 Å². The summed E-state index contributed by atoms with van der Waals surface area (Å²) in [5.74, 6) is 0. The second-order valence-corrected chi connectivity index (χ2v) is 7.31. The fourth-order valence-electron chi connectivity index (χ4n) is 2.01. The average Bonchev–Trinajstić information content (AvgIpc) is 2.33. The van der Waals surface area contributed by atoms with Crippen molar-refractivity contribution < 1.29 is 8.85 Å². The molecular formula is C12H21NO2Si. The van der Waals surface area contributed by atoms with Crippen LogP contribution in [0.5, 0.6) is 0 Å². The summed E-state index contributed by atoms with van der Waals surface area (Å²) in [4.78, 5) is 0. The van der Waals surface area contributed by atoms with Gasteiger partial charge in [0.1, 0.15) is 0 Å². The summed E-state index contributed by atoms with van der Waals surface area (Å²) >= 11 is 0. The molecule has 0 saturated carbocycles. The van der Waals surface area contributed by atoms with Gasteiger partial charge in [0.05, 0.1) is 5.67 Å². The highest BCUT2D eigenvalue weighted by Gasteiger charge is 2.44. The molecule has 0 heterocycles. The fraction of sp³-hybridized carbons (Fsp3) is 0.500. The highest BCUT2D eigenvalue weighted by molar-refractivity contribution is 6.82. The van der Waals surface area contributed by atoms with Crippen LogP contribution in [0.4, 0.5) is 0 Å². The number of rotatable bonds is 6. The molecule has 2 N–H and O–H groups in total. The van der Waals surface area contributed by atoms with Crippen molar-refractivity contribution in [3.8, 4) is 0 Å². The van der Waals surface area contributed by atoms with Crippen LogP contribution in [0.1, 0.15) is 19.8 Å². The van der Waals surface area contributed by atoms with E-state index in [-0.39, 0.29) is 5.67 Å². The van der Waals surface area contributed by atoms with Crippen molar-refractivity contribution in [2.24, 2.45) is 5.73 Å². The zero-order chi connectivity index (χ0) is 12.0. The van der Waals surface area contributed by atoms with Crippen LogP contribution in [0.25, 0.3) is 0 Å². The lowest BCUT2D eigenvalue weighted by Gasteiger charge is -2.32. The molecule has 0 saturated heterocycles. The summed E-state index contributed by atoms with van der Waals surface area (Å²) < 4.78 is 11.4. The van der Waals surface area contributed by atoms with Gasteiger partial charge in [0.2, 0.25) is 0 Å². The molecule has 0 amide bonds. The van der Waals surface area contributed by atoms with E-state index in [0.29, 0.717) is 0 Å². The van der Waals surface area contributed by atoms with E-state index in [2.05, 4.69) is 6.92 Å². The van der Waals surface area contributed by atoms with Crippen LogP contribution in [0.2, 0.25) is 0 Å². The third-order valence-electron chi connectivity index (χ3n) is 2.87. The Labute approximate surface area is 98.8 Å². The molecule has 1 atom stereocenters. The van der Waals surface area contributed by atoms with Crippen molar-refractivity contribution in [1.82, 2.24) is 0 Å². The van der Waals surface area contributed by atoms with E-state index in [1.54, 1.807) is 14.2 Å². The zero-order valence-corrected chi connectivity index (χ0v) is 11.3. The summed E-state index contributed by atoms with van der Waals surface area (Å²) in [6, 6.07) is 10.0. The minimum Gasteiger partial charge on any atom is -0.393 e. The number of hydrogen-bond acceptors (Lipinski definition) is 3. The van der Waals surface area contributed by atoms with Crippen molar-refractivity contribution in [2.75, 3.05) is 14.2 Å². The fourth-order valence-corrected chi connectivity index (χ4v) is 5.00. The zero-order valence-electron chi connectivity index (χ0n) is 10.3. The number of nitrogens with two attached hydrogens (primary N) is 1. The van der Waals surface area contributed by atoms with Crippen LogP contribution >= 0.6 is 0 Å². The minimum absolute atomic E-state index is 0.0325. The second-order valence-electron chi connectivity index (χ2n) is 3.84. The lowest BCUT2D eigenvalue weighted by atomic mass is 10.3. The van der Waals surface area contributed by atoms with Crippen molar-refractivity contribution in [3.05, 3.63) is 30.3 Å². The third-order valence-corrected chi connectivity index (χ3v) is 6.49. The molecule has 1 unspecified atom stereocenters. The Morgan fingerprint density at radius 2 is 1.75 bits per heavy atom. The third kappa shape index (κ3) is 2.52. The van der Waals surface area contributed by atoms with E-state index in [4.69, 9.17) is 14.6 Å². The molecule has 90 valence electrons. The smallest absolute Gasteiger partial charge is 0.389 e. The van der Waals surface area contributed by atoms with Gasteiger partial charge in [-0.15, -0.1) is 0 Å². The topological polar surface area (TPSA) is 44.5 Å². The summed E-state index contributed by atoms with van der Waals surface area (Å²) in [5, 5.41) is 1.10. The van der Waals surface area contributed by atoms with E-state index in [0.717, 1.165) is 18.0 Å². The molecule has 0 aliphatic heterocycles. The maximum absolute atomic E-state index is 6.23. The molecule has 0 aliphatic rings. The van der Waals surface area contributed by atoms with Gasteiger partial charge < -0.3 is 14.6 Å². The van der Waals surface area contributed by atoms with Gasteiger partial charge in [-0.25, -0.2) is 0 Å². The van der Waals surface area contributed by atoms with E-state index in [9.17, 15) is 0 Å². The minimum atomic E-state index is -2.47. The average molecular weight is 239 g/mol. The number of hydrogen-bond donors (Lipinski definition) is 1. The van der Waals surface area contributed by atoms with Crippen LogP contribution in [0.15, 0.2) is 30.3 Å². The number of benzene rings is 1. The van der Waals surface area contributed by atoms with Crippen LogP contribution in [0.3, 0.4) is 0 Å². The lowest BCUT2D eigenvalue weighted by Crippen LogP contribution is -2.65. The first-order chi connectivity index (χ1) is 7.71. The van der Waals surface area contributed by atoms with Gasteiger partial charge in [0.15, 0.2) is 0 Å². The molecule has 4 heteroatoms. The molecule has 1 aromatic carbocycles. The van der Waals surface area contributed by atoms with Crippen molar-refractivity contribution in [3.63, 3.8) is 0 Å². The first kappa shape index (κ1) is 13.4.